The summed E-state index contributed by atoms with van der Waals surface area (Å²) in [5.74, 6) is -0.0813. The lowest BCUT2D eigenvalue weighted by Crippen LogP contribution is -2.53. The first-order valence-corrected chi connectivity index (χ1v) is 16.1. The van der Waals surface area contributed by atoms with Crippen molar-refractivity contribution in [2.45, 2.75) is 83.9 Å². The Morgan fingerprint density at radius 2 is 1.61 bits per heavy atom. The average molecular weight is 628 g/mol. The van der Waals surface area contributed by atoms with E-state index in [0.717, 1.165) is 36.8 Å². The number of amides is 3. The predicted molar refractivity (Wildman–Crippen MR) is 185 cm³/mol. The van der Waals surface area contributed by atoms with Crippen molar-refractivity contribution in [3.8, 4) is 5.75 Å². The van der Waals surface area contributed by atoms with Gasteiger partial charge >= 0.3 is 6.09 Å². The molecule has 0 aliphatic carbocycles. The Morgan fingerprint density at radius 1 is 0.913 bits per heavy atom. The third-order valence-electron chi connectivity index (χ3n) is 7.44. The first kappa shape index (κ1) is 35.9. The van der Waals surface area contributed by atoms with Crippen LogP contribution in [-0.4, -0.2) is 48.1 Å². The summed E-state index contributed by atoms with van der Waals surface area (Å²) in [5, 5.41) is 5.84. The second kappa shape index (κ2) is 17.8. The highest BCUT2D eigenvalue weighted by Gasteiger charge is 2.36. The second-order valence-corrected chi connectivity index (χ2v) is 12.3. The summed E-state index contributed by atoms with van der Waals surface area (Å²) in [6.45, 7) is 11.7. The summed E-state index contributed by atoms with van der Waals surface area (Å²) >= 11 is 0. The molecule has 2 atom stereocenters. The fourth-order valence-corrected chi connectivity index (χ4v) is 5.17. The normalized spacial score (nSPS) is 12.4. The van der Waals surface area contributed by atoms with E-state index in [9.17, 15) is 14.4 Å². The Morgan fingerprint density at radius 3 is 2.24 bits per heavy atom. The Labute approximate surface area is 274 Å². The summed E-state index contributed by atoms with van der Waals surface area (Å²) in [7, 11) is 1.58. The van der Waals surface area contributed by atoms with Gasteiger partial charge in [-0.1, -0.05) is 93.8 Å². The minimum absolute atomic E-state index is 0.227. The van der Waals surface area contributed by atoms with Gasteiger partial charge in [-0.15, -0.1) is 0 Å². The van der Waals surface area contributed by atoms with Gasteiger partial charge in [0, 0.05) is 18.7 Å². The number of anilines is 1. The van der Waals surface area contributed by atoms with E-state index in [1.165, 1.54) is 0 Å². The van der Waals surface area contributed by atoms with Crippen LogP contribution < -0.4 is 15.4 Å². The van der Waals surface area contributed by atoms with Crippen molar-refractivity contribution in [2.75, 3.05) is 19.0 Å². The molecule has 0 aromatic heterocycles. The lowest BCUT2D eigenvalue weighted by atomic mass is 9.98. The SMILES string of the molecule is C=Cc1cccc(C(C(=O)Nc2ccc(OC)cc2)N(CCCCCCC)C(=O)C(Cc2ccccc2)NC(=O)OC(C)(C)C)c1. The third-order valence-corrected chi connectivity index (χ3v) is 7.44. The minimum atomic E-state index is -0.987. The summed E-state index contributed by atoms with van der Waals surface area (Å²) in [6, 6.07) is 22.0. The van der Waals surface area contributed by atoms with E-state index >= 15 is 0 Å². The molecule has 0 radical (unpaired) electrons. The number of carbonyl (C=O) groups is 3. The standard InChI is InChI=1S/C38H49N3O5/c1-7-9-10-11-15-25-41(36(43)33(27-29-17-13-12-14-18-29)40-37(44)46-38(3,4)5)34(30-20-16-19-28(8-2)26-30)35(42)39-31-21-23-32(45-6)24-22-31/h8,12-14,16-24,26,33-34H,2,7,9-11,15,25,27H2,1,3-6H3,(H,39,42)(H,40,44). The number of unbranched alkanes of at least 4 members (excludes halogenated alkanes) is 4. The maximum atomic E-state index is 14.7. The summed E-state index contributed by atoms with van der Waals surface area (Å²) in [4.78, 5) is 43.7. The first-order chi connectivity index (χ1) is 22.0. The number of hydrogen-bond donors (Lipinski definition) is 2. The summed E-state index contributed by atoms with van der Waals surface area (Å²) in [5.41, 5.74) is 2.14. The number of hydrogen-bond acceptors (Lipinski definition) is 5. The van der Waals surface area contributed by atoms with Gasteiger partial charge < -0.3 is 25.0 Å². The Hall–Kier alpha value is -4.59. The number of nitrogens with one attached hydrogen (secondary N) is 2. The number of ether oxygens (including phenoxy) is 2. The molecule has 0 heterocycles. The van der Waals surface area contributed by atoms with E-state index in [2.05, 4.69) is 24.1 Å². The number of nitrogens with zero attached hydrogens (tertiary/aromatic N) is 1. The molecule has 0 fully saturated rings. The van der Waals surface area contributed by atoms with E-state index in [1.807, 2.05) is 54.6 Å². The highest BCUT2D eigenvalue weighted by molar-refractivity contribution is 5.99. The van der Waals surface area contributed by atoms with Crippen LogP contribution in [0.3, 0.4) is 0 Å². The van der Waals surface area contributed by atoms with Gasteiger partial charge in [-0.25, -0.2) is 4.79 Å². The van der Waals surface area contributed by atoms with Gasteiger partial charge in [0.05, 0.1) is 7.11 Å². The molecule has 8 heteroatoms. The van der Waals surface area contributed by atoms with Crippen LogP contribution in [-0.2, 0) is 20.7 Å². The molecule has 3 aromatic rings. The molecule has 0 saturated carbocycles. The molecule has 0 aliphatic rings. The average Bonchev–Trinajstić information content (AvgIpc) is 3.03. The number of benzene rings is 3. The zero-order valence-electron chi connectivity index (χ0n) is 27.9. The van der Waals surface area contributed by atoms with Gasteiger partial charge in [0.2, 0.25) is 5.91 Å². The van der Waals surface area contributed by atoms with Gasteiger partial charge in [0.1, 0.15) is 23.4 Å². The van der Waals surface area contributed by atoms with E-state index in [4.69, 9.17) is 9.47 Å². The molecule has 3 aromatic carbocycles. The van der Waals surface area contributed by atoms with E-state index in [-0.39, 0.29) is 18.2 Å². The number of methoxy groups -OCH3 is 1. The molecule has 0 saturated heterocycles. The van der Waals surface area contributed by atoms with Gasteiger partial charge in [0.15, 0.2) is 0 Å². The molecule has 46 heavy (non-hydrogen) atoms. The van der Waals surface area contributed by atoms with Crippen molar-refractivity contribution in [3.63, 3.8) is 0 Å². The largest absolute Gasteiger partial charge is 0.497 e. The van der Waals surface area contributed by atoms with E-state index < -0.39 is 23.8 Å². The topological polar surface area (TPSA) is 97.0 Å². The van der Waals surface area contributed by atoms with Crippen LogP contribution in [0.2, 0.25) is 0 Å². The zero-order chi connectivity index (χ0) is 33.5. The van der Waals surface area contributed by atoms with Gasteiger partial charge in [-0.3, -0.25) is 9.59 Å². The Kier molecular flexibility index (Phi) is 13.9. The maximum absolute atomic E-state index is 14.7. The fraction of sp³-hybridized carbons (Fsp3) is 0.395. The Balaban J connectivity index is 2.07. The summed E-state index contributed by atoms with van der Waals surface area (Å²) in [6.07, 6.45) is 6.04. The first-order valence-electron chi connectivity index (χ1n) is 16.1. The van der Waals surface area contributed by atoms with Crippen molar-refractivity contribution >= 4 is 29.7 Å². The van der Waals surface area contributed by atoms with Crippen LogP contribution >= 0.6 is 0 Å². The highest BCUT2D eigenvalue weighted by Crippen LogP contribution is 2.27. The van der Waals surface area contributed by atoms with Crippen molar-refractivity contribution in [2.24, 2.45) is 0 Å². The molecule has 8 nitrogen and oxygen atoms in total. The van der Waals surface area contributed by atoms with Crippen molar-refractivity contribution in [3.05, 3.63) is 102 Å². The van der Waals surface area contributed by atoms with Crippen molar-refractivity contribution in [1.29, 1.82) is 0 Å². The maximum Gasteiger partial charge on any atom is 0.408 e. The molecule has 0 aliphatic heterocycles. The molecule has 3 amide bonds. The van der Waals surface area contributed by atoms with Crippen LogP contribution in [0, 0.1) is 0 Å². The molecule has 2 unspecified atom stereocenters. The number of alkyl carbamates (subject to hydrolysis) is 1. The van der Waals surface area contributed by atoms with Gasteiger partial charge in [0.25, 0.3) is 5.91 Å². The van der Waals surface area contributed by atoms with Crippen LogP contribution in [0.1, 0.15) is 82.5 Å². The second-order valence-electron chi connectivity index (χ2n) is 12.3. The van der Waals surface area contributed by atoms with Crippen molar-refractivity contribution < 1.29 is 23.9 Å². The van der Waals surface area contributed by atoms with E-state index in [0.29, 0.717) is 30.0 Å². The Bertz CT molecular complexity index is 1420. The lowest BCUT2D eigenvalue weighted by Gasteiger charge is -2.35. The number of rotatable bonds is 16. The van der Waals surface area contributed by atoms with Crippen molar-refractivity contribution in [1.82, 2.24) is 10.2 Å². The van der Waals surface area contributed by atoms with Crippen LogP contribution in [0.25, 0.3) is 6.08 Å². The quantitative estimate of drug-likeness (QED) is 0.157. The zero-order valence-corrected chi connectivity index (χ0v) is 27.9. The molecule has 3 rings (SSSR count). The monoisotopic (exact) mass is 627 g/mol. The highest BCUT2D eigenvalue weighted by atomic mass is 16.6. The molecule has 246 valence electrons. The number of carbonyl (C=O) groups excluding carboxylic acids is 3. The predicted octanol–water partition coefficient (Wildman–Crippen LogP) is 7.95. The van der Waals surface area contributed by atoms with E-state index in [1.54, 1.807) is 63.1 Å². The van der Waals surface area contributed by atoms with Crippen LogP contribution in [0.5, 0.6) is 5.75 Å². The molecule has 2 N–H and O–H groups in total. The third kappa shape index (κ3) is 11.4. The van der Waals surface area contributed by atoms with Crippen LogP contribution in [0.15, 0.2) is 85.4 Å². The van der Waals surface area contributed by atoms with Crippen LogP contribution in [0.4, 0.5) is 10.5 Å². The molecule has 0 spiro atoms. The molecular weight excluding hydrogens is 578 g/mol. The minimum Gasteiger partial charge on any atom is -0.497 e. The fourth-order valence-electron chi connectivity index (χ4n) is 5.17. The molecule has 0 bridgehead atoms. The lowest BCUT2D eigenvalue weighted by molar-refractivity contribution is -0.140. The van der Waals surface area contributed by atoms with Gasteiger partial charge in [-0.05, 0) is 74.2 Å². The summed E-state index contributed by atoms with van der Waals surface area (Å²) < 4.78 is 10.8. The molecular formula is C38H49N3O5. The van der Waals surface area contributed by atoms with Gasteiger partial charge in [-0.2, -0.15) is 0 Å². The smallest absolute Gasteiger partial charge is 0.408 e.